The quantitative estimate of drug-likeness (QED) is 0.580. The van der Waals surface area contributed by atoms with Crippen LogP contribution in [0.2, 0.25) is 0 Å². The van der Waals surface area contributed by atoms with Crippen molar-refractivity contribution in [2.75, 3.05) is 26.7 Å². The van der Waals surface area contributed by atoms with Gasteiger partial charge in [0.1, 0.15) is 0 Å². The molecule has 0 heterocycles. The highest BCUT2D eigenvalue weighted by Gasteiger charge is 2.25. The van der Waals surface area contributed by atoms with Crippen LogP contribution in [-0.4, -0.2) is 49.6 Å². The zero-order valence-corrected chi connectivity index (χ0v) is 9.46. The summed E-state index contributed by atoms with van der Waals surface area (Å²) in [5.74, 6) is 0.145. The fourth-order valence-corrected chi connectivity index (χ4v) is 1.66. The highest BCUT2D eigenvalue weighted by atomic mass is 16.2. The first-order valence-corrected chi connectivity index (χ1v) is 5.96. The van der Waals surface area contributed by atoms with E-state index >= 15 is 0 Å². The Hall–Kier alpha value is -0.610. The summed E-state index contributed by atoms with van der Waals surface area (Å²) in [6.45, 7) is 2.42. The second kappa shape index (κ2) is 4.94. The van der Waals surface area contributed by atoms with Crippen LogP contribution in [0, 0.1) is 0 Å². The van der Waals surface area contributed by atoms with Gasteiger partial charge < -0.3 is 15.5 Å². The minimum Gasteiger partial charge on any atom is -0.352 e. The lowest BCUT2D eigenvalue weighted by Gasteiger charge is -2.15. The summed E-state index contributed by atoms with van der Waals surface area (Å²) in [6, 6.07) is 1.29. The molecule has 2 rings (SSSR count). The molecule has 4 heteroatoms. The van der Waals surface area contributed by atoms with Gasteiger partial charge in [0.05, 0.1) is 6.54 Å². The number of hydrogen-bond acceptors (Lipinski definition) is 3. The Kier molecular flexibility index (Phi) is 3.59. The Bertz CT molecular complexity index is 224. The number of amides is 1. The highest BCUT2D eigenvalue weighted by molar-refractivity contribution is 5.78. The van der Waals surface area contributed by atoms with Crippen molar-refractivity contribution in [3.8, 4) is 0 Å². The molecule has 0 radical (unpaired) electrons. The minimum absolute atomic E-state index is 0.145. The van der Waals surface area contributed by atoms with E-state index in [2.05, 4.69) is 22.6 Å². The molecule has 0 aromatic rings. The summed E-state index contributed by atoms with van der Waals surface area (Å²) < 4.78 is 0. The van der Waals surface area contributed by atoms with Gasteiger partial charge in [0.2, 0.25) is 5.91 Å². The maximum atomic E-state index is 11.3. The molecule has 0 aromatic carbocycles. The summed E-state index contributed by atoms with van der Waals surface area (Å²) in [5.41, 5.74) is 0. The molecular formula is C11H21N3O. The average Bonchev–Trinajstić information content (AvgIpc) is 3.00. The number of likely N-dealkylation sites (N-methyl/N-ethyl adjacent to an activating group) is 1. The van der Waals surface area contributed by atoms with Crippen LogP contribution in [0.3, 0.4) is 0 Å². The van der Waals surface area contributed by atoms with Crippen LogP contribution in [0.5, 0.6) is 0 Å². The number of carbonyl (C=O) groups is 1. The van der Waals surface area contributed by atoms with Crippen LogP contribution >= 0.6 is 0 Å². The summed E-state index contributed by atoms with van der Waals surface area (Å²) in [5, 5.41) is 6.14. The van der Waals surface area contributed by atoms with Gasteiger partial charge in [0.15, 0.2) is 0 Å². The van der Waals surface area contributed by atoms with E-state index in [1.807, 2.05) is 0 Å². The molecule has 0 saturated heterocycles. The molecule has 4 nitrogen and oxygen atoms in total. The van der Waals surface area contributed by atoms with Gasteiger partial charge in [0, 0.05) is 25.2 Å². The SMILES string of the molecule is CN(CCNCC(=O)NC1CC1)C1CC1. The van der Waals surface area contributed by atoms with E-state index in [-0.39, 0.29) is 5.91 Å². The maximum absolute atomic E-state index is 11.3. The third-order valence-electron chi connectivity index (χ3n) is 3.04. The Morgan fingerprint density at radius 3 is 2.67 bits per heavy atom. The summed E-state index contributed by atoms with van der Waals surface area (Å²) >= 11 is 0. The molecule has 0 spiro atoms. The van der Waals surface area contributed by atoms with E-state index in [1.54, 1.807) is 0 Å². The zero-order valence-electron chi connectivity index (χ0n) is 9.46. The van der Waals surface area contributed by atoms with Crippen molar-refractivity contribution < 1.29 is 4.79 Å². The molecule has 0 aromatic heterocycles. The summed E-state index contributed by atoms with van der Waals surface area (Å²) in [7, 11) is 2.16. The van der Waals surface area contributed by atoms with Gasteiger partial charge in [-0.3, -0.25) is 4.79 Å². The van der Waals surface area contributed by atoms with Crippen LogP contribution in [0.25, 0.3) is 0 Å². The van der Waals surface area contributed by atoms with E-state index in [1.165, 1.54) is 12.8 Å². The van der Waals surface area contributed by atoms with E-state index < -0.39 is 0 Å². The topological polar surface area (TPSA) is 44.4 Å². The van der Waals surface area contributed by atoms with Gasteiger partial charge in [-0.25, -0.2) is 0 Å². The van der Waals surface area contributed by atoms with Crippen molar-refractivity contribution in [1.82, 2.24) is 15.5 Å². The first-order valence-electron chi connectivity index (χ1n) is 5.96. The van der Waals surface area contributed by atoms with Gasteiger partial charge in [0.25, 0.3) is 0 Å². The van der Waals surface area contributed by atoms with E-state index in [0.29, 0.717) is 12.6 Å². The molecule has 86 valence electrons. The molecule has 15 heavy (non-hydrogen) atoms. The molecule has 2 fully saturated rings. The zero-order chi connectivity index (χ0) is 10.7. The van der Waals surface area contributed by atoms with Crippen molar-refractivity contribution in [2.24, 2.45) is 0 Å². The second-order valence-corrected chi connectivity index (χ2v) is 4.73. The van der Waals surface area contributed by atoms with Crippen LogP contribution < -0.4 is 10.6 Å². The minimum atomic E-state index is 0.145. The number of nitrogens with zero attached hydrogens (tertiary/aromatic N) is 1. The third kappa shape index (κ3) is 4.18. The van der Waals surface area contributed by atoms with Gasteiger partial charge in [-0.2, -0.15) is 0 Å². The number of rotatable bonds is 7. The van der Waals surface area contributed by atoms with Crippen molar-refractivity contribution >= 4 is 5.91 Å². The first kappa shape index (κ1) is 10.9. The molecule has 0 atom stereocenters. The molecule has 2 aliphatic rings. The molecule has 2 saturated carbocycles. The Labute approximate surface area is 91.4 Å². The second-order valence-electron chi connectivity index (χ2n) is 4.73. The normalized spacial score (nSPS) is 20.7. The van der Waals surface area contributed by atoms with Crippen molar-refractivity contribution in [3.63, 3.8) is 0 Å². The van der Waals surface area contributed by atoms with E-state index in [0.717, 1.165) is 32.0 Å². The van der Waals surface area contributed by atoms with E-state index in [9.17, 15) is 4.79 Å². The largest absolute Gasteiger partial charge is 0.352 e. The first-order chi connectivity index (χ1) is 7.25. The molecule has 0 unspecified atom stereocenters. The molecular weight excluding hydrogens is 190 g/mol. The van der Waals surface area contributed by atoms with Crippen LogP contribution in [-0.2, 0) is 4.79 Å². The Balaban J connectivity index is 1.44. The number of hydrogen-bond donors (Lipinski definition) is 2. The Morgan fingerprint density at radius 1 is 1.33 bits per heavy atom. The molecule has 1 amide bonds. The molecule has 0 bridgehead atoms. The lowest BCUT2D eigenvalue weighted by molar-refractivity contribution is -0.120. The van der Waals surface area contributed by atoms with Crippen LogP contribution in [0.1, 0.15) is 25.7 Å². The van der Waals surface area contributed by atoms with Crippen molar-refractivity contribution in [3.05, 3.63) is 0 Å². The van der Waals surface area contributed by atoms with E-state index in [4.69, 9.17) is 0 Å². The molecule has 0 aliphatic heterocycles. The third-order valence-corrected chi connectivity index (χ3v) is 3.04. The van der Waals surface area contributed by atoms with Gasteiger partial charge in [-0.05, 0) is 32.7 Å². The smallest absolute Gasteiger partial charge is 0.234 e. The average molecular weight is 211 g/mol. The van der Waals surface area contributed by atoms with Crippen LogP contribution in [0.4, 0.5) is 0 Å². The lowest BCUT2D eigenvalue weighted by atomic mass is 10.4. The van der Waals surface area contributed by atoms with Gasteiger partial charge in [-0.1, -0.05) is 0 Å². The fraction of sp³-hybridized carbons (Fsp3) is 0.909. The van der Waals surface area contributed by atoms with Gasteiger partial charge in [-0.15, -0.1) is 0 Å². The fourth-order valence-electron chi connectivity index (χ4n) is 1.66. The number of carbonyl (C=O) groups excluding carboxylic acids is 1. The predicted octanol–water partition coefficient (Wildman–Crippen LogP) is -0.0512. The van der Waals surface area contributed by atoms with Crippen LogP contribution in [0.15, 0.2) is 0 Å². The summed E-state index contributed by atoms with van der Waals surface area (Å²) in [6.07, 6.45) is 5.02. The number of nitrogens with one attached hydrogen (secondary N) is 2. The molecule has 2 aliphatic carbocycles. The summed E-state index contributed by atoms with van der Waals surface area (Å²) in [4.78, 5) is 13.7. The van der Waals surface area contributed by atoms with Crippen molar-refractivity contribution in [2.45, 2.75) is 37.8 Å². The lowest BCUT2D eigenvalue weighted by Crippen LogP contribution is -2.38. The maximum Gasteiger partial charge on any atom is 0.234 e. The van der Waals surface area contributed by atoms with Crippen molar-refractivity contribution in [1.29, 1.82) is 0 Å². The standard InChI is InChI=1S/C11H21N3O/c1-14(10-4-5-10)7-6-12-8-11(15)13-9-2-3-9/h9-10,12H,2-8H2,1H3,(H,13,15). The monoisotopic (exact) mass is 211 g/mol. The molecule has 2 N–H and O–H groups in total. The predicted molar refractivity (Wildman–Crippen MR) is 59.7 cm³/mol. The Morgan fingerprint density at radius 2 is 2.07 bits per heavy atom. The highest BCUT2D eigenvalue weighted by Crippen LogP contribution is 2.24. The van der Waals surface area contributed by atoms with Gasteiger partial charge >= 0.3 is 0 Å².